The predicted octanol–water partition coefficient (Wildman–Crippen LogP) is 2.91. The summed E-state index contributed by atoms with van der Waals surface area (Å²) in [7, 11) is 0. The van der Waals surface area contributed by atoms with Crippen molar-refractivity contribution in [1.82, 2.24) is 4.90 Å². The fraction of sp³-hybridized carbons (Fsp3) is 0.562. The minimum absolute atomic E-state index is 0. The second-order valence-electron chi connectivity index (χ2n) is 6.13. The van der Waals surface area contributed by atoms with Crippen molar-refractivity contribution in [3.63, 3.8) is 0 Å². The highest BCUT2D eigenvalue weighted by Gasteiger charge is 2.40. The summed E-state index contributed by atoms with van der Waals surface area (Å²) in [6.45, 7) is -1.42. The Morgan fingerprint density at radius 3 is 2.52 bits per heavy atom. The molecule has 2 N–H and O–H groups in total. The number of rotatable bonds is 3. The lowest BCUT2D eigenvalue weighted by molar-refractivity contribution is -0.0498. The molecule has 1 aliphatic heterocycles. The monoisotopic (exact) mass is 346 g/mol. The largest absolute Gasteiger partial charge is 0.435 e. The maximum atomic E-state index is 12.5. The Hall–Kier alpha value is -1.40. The predicted molar refractivity (Wildman–Crippen MR) is 85.0 cm³/mol. The molecule has 0 radical (unpaired) electrons. The van der Waals surface area contributed by atoms with Crippen molar-refractivity contribution in [2.24, 2.45) is 17.6 Å². The van der Waals surface area contributed by atoms with Crippen LogP contribution in [-0.4, -0.2) is 36.5 Å². The zero-order valence-corrected chi connectivity index (χ0v) is 13.5. The zero-order valence-electron chi connectivity index (χ0n) is 12.7. The highest BCUT2D eigenvalue weighted by Crippen LogP contribution is 2.36. The minimum Gasteiger partial charge on any atom is -0.435 e. The molecule has 3 unspecified atom stereocenters. The Kier molecular flexibility index (Phi) is 5.81. The van der Waals surface area contributed by atoms with Crippen LogP contribution in [0.1, 0.15) is 29.6 Å². The van der Waals surface area contributed by atoms with Gasteiger partial charge in [0.15, 0.2) is 0 Å². The second kappa shape index (κ2) is 7.45. The van der Waals surface area contributed by atoms with Crippen molar-refractivity contribution < 1.29 is 18.3 Å². The van der Waals surface area contributed by atoms with Gasteiger partial charge in [0.05, 0.1) is 0 Å². The van der Waals surface area contributed by atoms with E-state index in [1.165, 1.54) is 24.3 Å². The van der Waals surface area contributed by atoms with E-state index >= 15 is 0 Å². The van der Waals surface area contributed by atoms with E-state index in [2.05, 4.69) is 4.74 Å². The molecule has 0 aromatic heterocycles. The molecule has 1 amide bonds. The average Bonchev–Trinajstić information content (AvgIpc) is 2.92. The number of likely N-dealkylation sites (tertiary alicyclic amines) is 1. The number of hydrogen-bond acceptors (Lipinski definition) is 3. The first kappa shape index (κ1) is 17.9. The van der Waals surface area contributed by atoms with Gasteiger partial charge < -0.3 is 15.4 Å². The zero-order chi connectivity index (χ0) is 15.7. The van der Waals surface area contributed by atoms with Crippen LogP contribution >= 0.6 is 12.4 Å². The smallest absolute Gasteiger partial charge is 0.387 e. The molecule has 4 nitrogen and oxygen atoms in total. The quantitative estimate of drug-likeness (QED) is 0.915. The van der Waals surface area contributed by atoms with E-state index in [0.29, 0.717) is 23.9 Å². The number of amides is 1. The Labute approximate surface area is 140 Å². The van der Waals surface area contributed by atoms with E-state index < -0.39 is 6.61 Å². The van der Waals surface area contributed by atoms with Crippen molar-refractivity contribution >= 4 is 18.3 Å². The maximum absolute atomic E-state index is 12.5. The Morgan fingerprint density at radius 1 is 1.22 bits per heavy atom. The number of fused-ring (bicyclic) bond motifs is 1. The van der Waals surface area contributed by atoms with Gasteiger partial charge in [0.1, 0.15) is 5.75 Å². The summed E-state index contributed by atoms with van der Waals surface area (Å²) < 4.78 is 28.5. The molecule has 3 atom stereocenters. The third kappa shape index (κ3) is 3.93. The number of nitrogens with two attached hydrogens (primary N) is 1. The van der Waals surface area contributed by atoms with Crippen LogP contribution in [0.3, 0.4) is 0 Å². The molecule has 2 aliphatic rings. The van der Waals surface area contributed by atoms with E-state index in [4.69, 9.17) is 5.73 Å². The topological polar surface area (TPSA) is 55.6 Å². The van der Waals surface area contributed by atoms with Gasteiger partial charge in [-0.15, -0.1) is 12.4 Å². The fourth-order valence-electron chi connectivity index (χ4n) is 3.64. The Morgan fingerprint density at radius 2 is 1.91 bits per heavy atom. The molecule has 7 heteroatoms. The second-order valence-corrected chi connectivity index (χ2v) is 6.13. The highest BCUT2D eigenvalue weighted by atomic mass is 35.5. The number of carbonyl (C=O) groups is 1. The number of hydrogen-bond donors (Lipinski definition) is 1. The Balaban J connectivity index is 0.00000192. The number of halogens is 3. The van der Waals surface area contributed by atoms with Gasteiger partial charge in [-0.05, 0) is 48.9 Å². The van der Waals surface area contributed by atoms with Crippen LogP contribution < -0.4 is 10.5 Å². The van der Waals surface area contributed by atoms with Crippen LogP contribution in [0, 0.1) is 11.8 Å². The molecule has 1 aromatic carbocycles. The van der Waals surface area contributed by atoms with Gasteiger partial charge in [-0.2, -0.15) is 8.78 Å². The fourth-order valence-corrected chi connectivity index (χ4v) is 3.64. The van der Waals surface area contributed by atoms with Crippen molar-refractivity contribution in [1.29, 1.82) is 0 Å². The van der Waals surface area contributed by atoms with Gasteiger partial charge in [0.2, 0.25) is 0 Å². The normalized spacial score (nSPS) is 26.6. The first-order chi connectivity index (χ1) is 10.5. The lowest BCUT2D eigenvalue weighted by Crippen LogP contribution is -2.38. The molecule has 0 spiro atoms. The minimum atomic E-state index is -2.86. The van der Waals surface area contributed by atoms with Crippen LogP contribution in [0.2, 0.25) is 0 Å². The van der Waals surface area contributed by atoms with Gasteiger partial charge in [-0.3, -0.25) is 4.79 Å². The molecule has 1 aromatic rings. The first-order valence-electron chi connectivity index (χ1n) is 7.64. The summed E-state index contributed by atoms with van der Waals surface area (Å²) in [6, 6.07) is 6.03. The molecule has 23 heavy (non-hydrogen) atoms. The number of nitrogens with zero attached hydrogens (tertiary/aromatic N) is 1. The molecular formula is C16H21ClF2N2O2. The van der Waals surface area contributed by atoms with Gasteiger partial charge in [0, 0.05) is 24.7 Å². The van der Waals surface area contributed by atoms with E-state index in [1.54, 1.807) is 0 Å². The molecule has 3 rings (SSSR count). The summed E-state index contributed by atoms with van der Waals surface area (Å²) in [5, 5.41) is 0. The van der Waals surface area contributed by atoms with Crippen LogP contribution in [0.4, 0.5) is 8.78 Å². The van der Waals surface area contributed by atoms with Gasteiger partial charge in [-0.1, -0.05) is 6.42 Å². The van der Waals surface area contributed by atoms with E-state index in [0.717, 1.165) is 25.8 Å². The van der Waals surface area contributed by atoms with E-state index in [1.807, 2.05) is 4.90 Å². The maximum Gasteiger partial charge on any atom is 0.387 e. The van der Waals surface area contributed by atoms with E-state index in [9.17, 15) is 13.6 Å². The van der Waals surface area contributed by atoms with E-state index in [-0.39, 0.29) is 30.1 Å². The lowest BCUT2D eigenvalue weighted by Gasteiger charge is -2.29. The SMILES string of the molecule is Cl.NC1CCCC2CN(C(=O)c3ccc(OC(F)F)cc3)CC12. The van der Waals surface area contributed by atoms with Crippen LogP contribution in [0.15, 0.2) is 24.3 Å². The number of ether oxygens (including phenoxy) is 1. The summed E-state index contributed by atoms with van der Waals surface area (Å²) in [6.07, 6.45) is 3.29. The van der Waals surface area contributed by atoms with Crippen LogP contribution in [0.5, 0.6) is 5.75 Å². The summed E-state index contributed by atoms with van der Waals surface area (Å²) in [5.41, 5.74) is 6.66. The molecule has 1 saturated carbocycles. The molecule has 1 heterocycles. The molecular weight excluding hydrogens is 326 g/mol. The first-order valence-corrected chi connectivity index (χ1v) is 7.64. The molecule has 2 fully saturated rings. The summed E-state index contributed by atoms with van der Waals surface area (Å²) in [4.78, 5) is 14.4. The third-order valence-electron chi connectivity index (χ3n) is 4.77. The average molecular weight is 347 g/mol. The third-order valence-corrected chi connectivity index (χ3v) is 4.77. The van der Waals surface area contributed by atoms with Gasteiger partial charge in [0.25, 0.3) is 5.91 Å². The van der Waals surface area contributed by atoms with Gasteiger partial charge >= 0.3 is 6.61 Å². The van der Waals surface area contributed by atoms with Gasteiger partial charge in [-0.25, -0.2) is 0 Å². The number of carbonyl (C=O) groups excluding carboxylic acids is 1. The highest BCUT2D eigenvalue weighted by molar-refractivity contribution is 5.94. The van der Waals surface area contributed by atoms with Crippen molar-refractivity contribution in [2.75, 3.05) is 13.1 Å². The van der Waals surface area contributed by atoms with Crippen LogP contribution in [-0.2, 0) is 0 Å². The standard InChI is InChI=1S/C16H20F2N2O2.ClH/c17-16(18)22-12-6-4-10(5-7-12)15(21)20-8-11-2-1-3-14(19)13(11)9-20;/h4-7,11,13-14,16H,1-3,8-9,19H2;1H. The molecule has 0 bridgehead atoms. The van der Waals surface area contributed by atoms with Crippen molar-refractivity contribution in [2.45, 2.75) is 31.9 Å². The van der Waals surface area contributed by atoms with Crippen molar-refractivity contribution in [3.8, 4) is 5.75 Å². The summed E-state index contributed by atoms with van der Waals surface area (Å²) in [5.74, 6) is 0.877. The van der Waals surface area contributed by atoms with Crippen molar-refractivity contribution in [3.05, 3.63) is 29.8 Å². The Bertz CT molecular complexity index is 541. The number of benzene rings is 1. The van der Waals surface area contributed by atoms with Crippen LogP contribution in [0.25, 0.3) is 0 Å². The number of alkyl halides is 2. The summed E-state index contributed by atoms with van der Waals surface area (Å²) >= 11 is 0. The molecule has 1 saturated heterocycles. The lowest BCUT2D eigenvalue weighted by atomic mass is 9.78. The molecule has 128 valence electrons. The molecule has 1 aliphatic carbocycles.